The van der Waals surface area contributed by atoms with Crippen molar-refractivity contribution < 1.29 is 9.59 Å². The number of fused-ring (bicyclic) bond motifs is 1. The van der Waals surface area contributed by atoms with Crippen LogP contribution in [0.2, 0.25) is 0 Å². The van der Waals surface area contributed by atoms with E-state index in [2.05, 4.69) is 45.9 Å². The second kappa shape index (κ2) is 7.66. The van der Waals surface area contributed by atoms with Gasteiger partial charge in [0.25, 0.3) is 0 Å². The third kappa shape index (κ3) is 4.37. The molecule has 1 saturated heterocycles. The Bertz CT molecular complexity index is 772. The second-order valence-electron chi connectivity index (χ2n) is 6.89. The first-order chi connectivity index (χ1) is 12.0. The van der Waals surface area contributed by atoms with Gasteiger partial charge in [-0.25, -0.2) is 0 Å². The largest absolute Gasteiger partial charge is 0.354 e. The third-order valence-corrected chi connectivity index (χ3v) is 4.47. The average molecular weight is 339 g/mol. The Labute approximate surface area is 148 Å². The highest BCUT2D eigenvalue weighted by Crippen LogP contribution is 2.19. The van der Waals surface area contributed by atoms with Crippen LogP contribution in [-0.4, -0.2) is 41.9 Å². The van der Waals surface area contributed by atoms with Crippen LogP contribution in [0, 0.1) is 0 Å². The summed E-state index contributed by atoms with van der Waals surface area (Å²) < 4.78 is 0. The first-order valence-corrected chi connectivity index (χ1v) is 8.82. The van der Waals surface area contributed by atoms with Crippen molar-refractivity contribution in [3.05, 3.63) is 48.0 Å². The van der Waals surface area contributed by atoms with Gasteiger partial charge >= 0.3 is 0 Å². The highest BCUT2D eigenvalue weighted by molar-refractivity contribution is 5.89. The summed E-state index contributed by atoms with van der Waals surface area (Å²) in [6.45, 7) is 5.88. The van der Waals surface area contributed by atoms with Gasteiger partial charge in [0.1, 0.15) is 0 Å². The van der Waals surface area contributed by atoms with Crippen molar-refractivity contribution in [2.45, 2.75) is 38.9 Å². The fourth-order valence-electron chi connectivity index (χ4n) is 3.30. The number of amides is 2. The molecule has 5 heteroatoms. The predicted octanol–water partition coefficient (Wildman–Crippen LogP) is 2.05. The minimum atomic E-state index is -0.418. The van der Waals surface area contributed by atoms with Gasteiger partial charge in [-0.1, -0.05) is 36.4 Å². The number of carbonyl (C=O) groups excluding carboxylic acids is 2. The van der Waals surface area contributed by atoms with E-state index < -0.39 is 6.04 Å². The van der Waals surface area contributed by atoms with Gasteiger partial charge in [0.15, 0.2) is 0 Å². The van der Waals surface area contributed by atoms with E-state index >= 15 is 0 Å². The molecule has 1 heterocycles. The Morgan fingerprint density at radius 2 is 2.00 bits per heavy atom. The zero-order chi connectivity index (χ0) is 17.8. The van der Waals surface area contributed by atoms with Crippen LogP contribution in [0.15, 0.2) is 42.5 Å². The number of hydrogen-bond donors (Lipinski definition) is 2. The summed E-state index contributed by atoms with van der Waals surface area (Å²) in [4.78, 5) is 26.5. The molecule has 0 spiro atoms. The highest BCUT2D eigenvalue weighted by Gasteiger charge is 2.31. The summed E-state index contributed by atoms with van der Waals surface area (Å²) in [5, 5.41) is 8.14. The molecule has 0 bridgehead atoms. The summed E-state index contributed by atoms with van der Waals surface area (Å²) in [6, 6.07) is 14.3. The van der Waals surface area contributed by atoms with Crippen molar-refractivity contribution in [1.82, 2.24) is 15.5 Å². The number of benzene rings is 2. The minimum absolute atomic E-state index is 0.0639. The molecule has 1 fully saturated rings. The van der Waals surface area contributed by atoms with Crippen molar-refractivity contribution in [2.75, 3.05) is 13.1 Å². The fourth-order valence-corrected chi connectivity index (χ4v) is 3.30. The van der Waals surface area contributed by atoms with Crippen LogP contribution in [0.4, 0.5) is 0 Å². The lowest BCUT2D eigenvalue weighted by Crippen LogP contribution is -2.56. The zero-order valence-corrected chi connectivity index (χ0v) is 14.8. The lowest BCUT2D eigenvalue weighted by molar-refractivity contribution is -0.134. The minimum Gasteiger partial charge on any atom is -0.354 e. The molecule has 2 N–H and O–H groups in total. The monoisotopic (exact) mass is 339 g/mol. The molecule has 2 aromatic rings. The Morgan fingerprint density at radius 3 is 2.76 bits per heavy atom. The molecule has 0 aromatic heterocycles. The summed E-state index contributed by atoms with van der Waals surface area (Å²) in [7, 11) is 0. The van der Waals surface area contributed by atoms with Crippen molar-refractivity contribution in [3.8, 4) is 0 Å². The molecule has 2 aromatic carbocycles. The van der Waals surface area contributed by atoms with E-state index in [1.165, 1.54) is 10.8 Å². The van der Waals surface area contributed by atoms with Crippen LogP contribution < -0.4 is 10.6 Å². The van der Waals surface area contributed by atoms with Gasteiger partial charge in [-0.05, 0) is 36.2 Å². The molecule has 132 valence electrons. The predicted molar refractivity (Wildman–Crippen MR) is 99.1 cm³/mol. The van der Waals surface area contributed by atoms with Gasteiger partial charge < -0.3 is 10.6 Å². The summed E-state index contributed by atoms with van der Waals surface area (Å²) in [5.74, 6) is -0.147. The van der Waals surface area contributed by atoms with Crippen LogP contribution in [0.1, 0.15) is 25.8 Å². The molecule has 3 rings (SSSR count). The smallest absolute Gasteiger partial charge is 0.237 e. The van der Waals surface area contributed by atoms with E-state index in [9.17, 15) is 9.59 Å². The third-order valence-electron chi connectivity index (χ3n) is 4.47. The van der Waals surface area contributed by atoms with E-state index in [0.717, 1.165) is 12.1 Å². The van der Waals surface area contributed by atoms with Crippen molar-refractivity contribution >= 4 is 22.6 Å². The standard InChI is InChI=1S/C20H25N3O2/c1-14(2)22-19(24)12-18-20(25)21-9-10-23(18)13-15-7-8-16-5-3-4-6-17(16)11-15/h3-8,11,14,18H,9-10,12-13H2,1-2H3,(H,21,25)(H,22,24)/t18-/m0/s1. The maximum Gasteiger partial charge on any atom is 0.237 e. The fraction of sp³-hybridized carbons (Fsp3) is 0.400. The average Bonchev–Trinajstić information content (AvgIpc) is 2.57. The molecule has 0 unspecified atom stereocenters. The van der Waals surface area contributed by atoms with E-state index in [4.69, 9.17) is 0 Å². The van der Waals surface area contributed by atoms with Gasteiger partial charge in [0, 0.05) is 25.7 Å². The van der Waals surface area contributed by atoms with Crippen molar-refractivity contribution in [2.24, 2.45) is 0 Å². The molecule has 0 saturated carbocycles. The Hall–Kier alpha value is -2.40. The number of nitrogens with zero attached hydrogens (tertiary/aromatic N) is 1. The zero-order valence-electron chi connectivity index (χ0n) is 14.8. The molecule has 25 heavy (non-hydrogen) atoms. The van der Waals surface area contributed by atoms with Crippen LogP contribution in [0.5, 0.6) is 0 Å². The van der Waals surface area contributed by atoms with Crippen molar-refractivity contribution in [1.29, 1.82) is 0 Å². The quantitative estimate of drug-likeness (QED) is 0.876. The first kappa shape index (κ1) is 17.4. The van der Waals surface area contributed by atoms with Gasteiger partial charge in [-0.2, -0.15) is 0 Å². The molecule has 1 aliphatic rings. The summed E-state index contributed by atoms with van der Waals surface area (Å²) in [6.07, 6.45) is 0.192. The normalized spacial score (nSPS) is 18.4. The second-order valence-corrected chi connectivity index (χ2v) is 6.89. The van der Waals surface area contributed by atoms with Crippen LogP contribution in [0.3, 0.4) is 0 Å². The van der Waals surface area contributed by atoms with Crippen LogP contribution in [-0.2, 0) is 16.1 Å². The lowest BCUT2D eigenvalue weighted by atomic mass is 10.0. The molecule has 1 atom stereocenters. The molecular weight excluding hydrogens is 314 g/mol. The number of nitrogens with one attached hydrogen (secondary N) is 2. The molecule has 0 aliphatic carbocycles. The summed E-state index contributed by atoms with van der Waals surface area (Å²) >= 11 is 0. The molecule has 0 radical (unpaired) electrons. The van der Waals surface area contributed by atoms with Crippen LogP contribution in [0.25, 0.3) is 10.8 Å². The van der Waals surface area contributed by atoms with E-state index in [-0.39, 0.29) is 24.3 Å². The Kier molecular flexibility index (Phi) is 5.34. The molecule has 2 amide bonds. The lowest BCUT2D eigenvalue weighted by Gasteiger charge is -2.34. The van der Waals surface area contributed by atoms with Crippen LogP contribution >= 0.6 is 0 Å². The molecule has 1 aliphatic heterocycles. The van der Waals surface area contributed by atoms with Gasteiger partial charge in [-0.3, -0.25) is 14.5 Å². The van der Waals surface area contributed by atoms with E-state index in [1.54, 1.807) is 0 Å². The number of carbonyl (C=O) groups is 2. The van der Waals surface area contributed by atoms with Gasteiger partial charge in [0.05, 0.1) is 12.5 Å². The molecular formula is C20H25N3O2. The number of hydrogen-bond acceptors (Lipinski definition) is 3. The maximum absolute atomic E-state index is 12.3. The highest BCUT2D eigenvalue weighted by atomic mass is 16.2. The maximum atomic E-state index is 12.3. The number of rotatable bonds is 5. The number of piperazine rings is 1. The summed E-state index contributed by atoms with van der Waals surface area (Å²) in [5.41, 5.74) is 1.16. The molecule has 5 nitrogen and oxygen atoms in total. The SMILES string of the molecule is CC(C)NC(=O)C[C@H]1C(=O)NCCN1Cc1ccc2ccccc2c1. The Morgan fingerprint density at radius 1 is 1.24 bits per heavy atom. The van der Waals surface area contributed by atoms with Gasteiger partial charge in [0.2, 0.25) is 11.8 Å². The van der Waals surface area contributed by atoms with E-state index in [1.807, 2.05) is 26.0 Å². The van der Waals surface area contributed by atoms with Gasteiger partial charge in [-0.15, -0.1) is 0 Å². The Balaban J connectivity index is 1.75. The van der Waals surface area contributed by atoms with Crippen molar-refractivity contribution in [3.63, 3.8) is 0 Å². The van der Waals surface area contributed by atoms with E-state index in [0.29, 0.717) is 13.1 Å². The topological polar surface area (TPSA) is 61.4 Å². The first-order valence-electron chi connectivity index (χ1n) is 8.82.